The van der Waals surface area contributed by atoms with Crippen LogP contribution in [0.5, 0.6) is 0 Å². The van der Waals surface area contributed by atoms with Gasteiger partial charge in [0.05, 0.1) is 28.4 Å². The minimum absolute atomic E-state index is 0.118. The maximum atomic E-state index is 13.6. The molecule has 0 aliphatic heterocycles. The van der Waals surface area contributed by atoms with Crippen molar-refractivity contribution in [2.45, 2.75) is 13.1 Å². The number of aryl methyl sites for hydroxylation is 1. The van der Waals surface area contributed by atoms with E-state index in [9.17, 15) is 13.2 Å². The van der Waals surface area contributed by atoms with Gasteiger partial charge in [0.25, 0.3) is 0 Å². The first-order chi connectivity index (χ1) is 14.9. The zero-order valence-electron chi connectivity index (χ0n) is 16.6. The van der Waals surface area contributed by atoms with Crippen LogP contribution in [0.25, 0.3) is 10.8 Å². The molecular formula is C26H17F3N2. The summed E-state index contributed by atoms with van der Waals surface area (Å²) in [4.78, 5) is 9.41. The van der Waals surface area contributed by atoms with Crippen molar-refractivity contribution in [1.29, 1.82) is 0 Å². The summed E-state index contributed by atoms with van der Waals surface area (Å²) in [5.41, 5.74) is 3.56. The minimum atomic E-state index is -4.49. The fourth-order valence-electron chi connectivity index (χ4n) is 3.96. The molecule has 0 saturated carbocycles. The Hall–Kier alpha value is -3.73. The van der Waals surface area contributed by atoms with E-state index in [1.165, 1.54) is 12.1 Å². The maximum Gasteiger partial charge on any atom is 0.418 e. The van der Waals surface area contributed by atoms with Crippen molar-refractivity contribution < 1.29 is 13.2 Å². The number of para-hydroxylation sites is 2. The van der Waals surface area contributed by atoms with E-state index in [-0.39, 0.29) is 5.69 Å². The number of hydrogen-bond donors (Lipinski definition) is 0. The molecule has 4 aromatic carbocycles. The molecule has 0 saturated heterocycles. The lowest BCUT2D eigenvalue weighted by atomic mass is 10.1. The van der Waals surface area contributed by atoms with Crippen LogP contribution < -0.4 is 0 Å². The number of nitrogens with zero attached hydrogens (tertiary/aromatic N) is 2. The maximum absolute atomic E-state index is 13.6. The molecule has 0 bridgehead atoms. The molecule has 5 rings (SSSR count). The molecular weight excluding hydrogens is 397 g/mol. The van der Waals surface area contributed by atoms with E-state index in [4.69, 9.17) is 4.99 Å². The lowest BCUT2D eigenvalue weighted by Crippen LogP contribution is -2.11. The average Bonchev–Trinajstić information content (AvgIpc) is 3.04. The Morgan fingerprint density at radius 2 is 1.16 bits per heavy atom. The van der Waals surface area contributed by atoms with Crippen LogP contribution in [-0.2, 0) is 6.18 Å². The van der Waals surface area contributed by atoms with Crippen LogP contribution in [-0.4, -0.2) is 11.4 Å². The largest absolute Gasteiger partial charge is 0.418 e. The van der Waals surface area contributed by atoms with Crippen molar-refractivity contribution >= 4 is 33.6 Å². The summed E-state index contributed by atoms with van der Waals surface area (Å²) < 4.78 is 40.8. The molecule has 0 unspecified atom stereocenters. The van der Waals surface area contributed by atoms with Crippen molar-refractivity contribution in [3.63, 3.8) is 0 Å². The lowest BCUT2D eigenvalue weighted by Gasteiger charge is -2.11. The van der Waals surface area contributed by atoms with E-state index in [1.807, 2.05) is 67.6 Å². The Morgan fingerprint density at radius 1 is 0.613 bits per heavy atom. The molecule has 5 heteroatoms. The quantitative estimate of drug-likeness (QED) is 0.326. The van der Waals surface area contributed by atoms with Gasteiger partial charge in [-0.25, -0.2) is 9.98 Å². The normalized spacial score (nSPS) is 15.9. The SMILES string of the molecule is Cc1ccccc1N=C1C(=Nc2ccccc2C(F)(F)F)c2cccc3cccc1c23. The highest BCUT2D eigenvalue weighted by Crippen LogP contribution is 2.39. The second-order valence-corrected chi connectivity index (χ2v) is 7.43. The highest BCUT2D eigenvalue weighted by Gasteiger charge is 2.34. The predicted molar refractivity (Wildman–Crippen MR) is 119 cm³/mol. The highest BCUT2D eigenvalue weighted by atomic mass is 19.4. The molecule has 0 aromatic heterocycles. The molecule has 1 aliphatic carbocycles. The van der Waals surface area contributed by atoms with Crippen LogP contribution in [0.15, 0.2) is 94.9 Å². The molecule has 1 aliphatic rings. The molecule has 4 aromatic rings. The summed E-state index contributed by atoms with van der Waals surface area (Å²) in [5, 5.41) is 1.96. The molecule has 152 valence electrons. The van der Waals surface area contributed by atoms with Gasteiger partial charge in [0.15, 0.2) is 0 Å². The first-order valence-corrected chi connectivity index (χ1v) is 9.85. The first kappa shape index (κ1) is 19.2. The molecule has 31 heavy (non-hydrogen) atoms. The van der Waals surface area contributed by atoms with E-state index in [0.717, 1.165) is 39.2 Å². The van der Waals surface area contributed by atoms with Crippen LogP contribution in [0.3, 0.4) is 0 Å². The summed E-state index contributed by atoms with van der Waals surface area (Å²) in [6.07, 6.45) is -4.49. The van der Waals surface area contributed by atoms with Crippen molar-refractivity contribution in [3.8, 4) is 0 Å². The molecule has 0 heterocycles. The van der Waals surface area contributed by atoms with Crippen molar-refractivity contribution in [1.82, 2.24) is 0 Å². The van der Waals surface area contributed by atoms with Gasteiger partial charge in [0, 0.05) is 16.5 Å². The third-order valence-electron chi connectivity index (χ3n) is 5.43. The molecule has 0 fully saturated rings. The summed E-state index contributed by atoms with van der Waals surface area (Å²) in [5.74, 6) is 0. The molecule has 2 nitrogen and oxygen atoms in total. The third kappa shape index (κ3) is 3.32. The predicted octanol–water partition coefficient (Wildman–Crippen LogP) is 7.42. The van der Waals surface area contributed by atoms with Gasteiger partial charge in [-0.2, -0.15) is 13.2 Å². The third-order valence-corrected chi connectivity index (χ3v) is 5.43. The van der Waals surface area contributed by atoms with E-state index >= 15 is 0 Å². The Morgan fingerprint density at radius 3 is 1.77 bits per heavy atom. The number of alkyl halides is 3. The lowest BCUT2D eigenvalue weighted by molar-refractivity contribution is -0.137. The smallest absolute Gasteiger partial charge is 0.246 e. The number of aliphatic imine (C=N–C) groups is 2. The summed E-state index contributed by atoms with van der Waals surface area (Å²) in [6.45, 7) is 1.96. The van der Waals surface area contributed by atoms with Crippen molar-refractivity contribution in [2.24, 2.45) is 9.98 Å². The molecule has 0 atom stereocenters. The van der Waals surface area contributed by atoms with Crippen LogP contribution in [0.4, 0.5) is 24.5 Å². The van der Waals surface area contributed by atoms with Crippen LogP contribution in [0.2, 0.25) is 0 Å². The first-order valence-electron chi connectivity index (χ1n) is 9.85. The van der Waals surface area contributed by atoms with Crippen LogP contribution in [0.1, 0.15) is 22.3 Å². The second kappa shape index (κ2) is 7.20. The van der Waals surface area contributed by atoms with Gasteiger partial charge in [-0.3, -0.25) is 0 Å². The summed E-state index contributed by atoms with van der Waals surface area (Å²) >= 11 is 0. The van der Waals surface area contributed by atoms with Gasteiger partial charge >= 0.3 is 6.18 Å². The Bertz CT molecular complexity index is 1380. The second-order valence-electron chi connectivity index (χ2n) is 7.43. The summed E-state index contributed by atoms with van der Waals surface area (Å²) in [7, 11) is 0. The fourth-order valence-corrected chi connectivity index (χ4v) is 3.96. The summed E-state index contributed by atoms with van der Waals surface area (Å²) in [6, 6.07) is 24.7. The average molecular weight is 414 g/mol. The number of benzene rings is 4. The molecule has 0 amide bonds. The van der Waals surface area contributed by atoms with E-state index < -0.39 is 11.7 Å². The Balaban J connectivity index is 1.81. The van der Waals surface area contributed by atoms with Gasteiger partial charge in [-0.05, 0) is 36.1 Å². The van der Waals surface area contributed by atoms with E-state index in [2.05, 4.69) is 4.99 Å². The molecule has 0 spiro atoms. The van der Waals surface area contributed by atoms with Gasteiger partial charge < -0.3 is 0 Å². The van der Waals surface area contributed by atoms with E-state index in [0.29, 0.717) is 11.4 Å². The number of halogens is 3. The molecule has 0 radical (unpaired) electrons. The van der Waals surface area contributed by atoms with Crippen molar-refractivity contribution in [3.05, 3.63) is 107 Å². The standard InChI is InChI=1S/C26H17F3N2/c1-16-8-2-4-14-21(16)30-24-18-11-6-9-17-10-7-12-19(23(17)18)25(24)31-22-15-5-3-13-20(22)26(27,28)29/h2-15H,1H3. The zero-order chi connectivity index (χ0) is 21.6. The number of hydrogen-bond acceptors (Lipinski definition) is 2. The van der Waals surface area contributed by atoms with Gasteiger partial charge in [0.1, 0.15) is 0 Å². The zero-order valence-corrected chi connectivity index (χ0v) is 16.6. The highest BCUT2D eigenvalue weighted by molar-refractivity contribution is 6.61. The minimum Gasteiger partial charge on any atom is -0.246 e. The van der Waals surface area contributed by atoms with E-state index in [1.54, 1.807) is 6.07 Å². The number of rotatable bonds is 2. The Kier molecular flexibility index (Phi) is 4.47. The van der Waals surface area contributed by atoms with Gasteiger partial charge in [-0.15, -0.1) is 0 Å². The Labute approximate surface area is 177 Å². The van der Waals surface area contributed by atoms with Crippen LogP contribution >= 0.6 is 0 Å². The van der Waals surface area contributed by atoms with Crippen molar-refractivity contribution in [2.75, 3.05) is 0 Å². The monoisotopic (exact) mass is 414 g/mol. The van der Waals surface area contributed by atoms with Gasteiger partial charge in [-0.1, -0.05) is 66.7 Å². The fraction of sp³-hybridized carbons (Fsp3) is 0.0769. The van der Waals surface area contributed by atoms with Crippen LogP contribution in [0, 0.1) is 6.92 Å². The molecule has 0 N–H and O–H groups in total. The van der Waals surface area contributed by atoms with Gasteiger partial charge in [0.2, 0.25) is 0 Å². The topological polar surface area (TPSA) is 24.7 Å².